The minimum Gasteiger partial charge on any atom is -0.376 e. The van der Waals surface area contributed by atoms with Crippen LogP contribution in [0.15, 0.2) is 4.99 Å². The molecule has 1 saturated heterocycles. The van der Waals surface area contributed by atoms with Crippen molar-refractivity contribution in [1.82, 2.24) is 10.6 Å². The van der Waals surface area contributed by atoms with Gasteiger partial charge in [0.25, 0.3) is 0 Å². The van der Waals surface area contributed by atoms with E-state index in [2.05, 4.69) is 35.7 Å². The Kier molecular flexibility index (Phi) is 6.81. The number of hydrogen-bond donors (Lipinski definition) is 2. The third kappa shape index (κ3) is 5.93. The monoisotopic (exact) mass is 275 g/mol. The Morgan fingerprint density at radius 1 is 1.39 bits per heavy atom. The normalized spacial score (nSPS) is 21.8. The summed E-state index contributed by atoms with van der Waals surface area (Å²) in [4.78, 5) is 4.20. The van der Waals surface area contributed by atoms with Gasteiger partial charge in [-0.05, 0) is 20.1 Å². The number of guanidine groups is 1. The number of hydrogen-bond acceptors (Lipinski definition) is 4. The highest BCUT2D eigenvalue weighted by Crippen LogP contribution is 2.19. The molecule has 0 amide bonds. The number of rotatable bonds is 5. The summed E-state index contributed by atoms with van der Waals surface area (Å²) in [5, 5.41) is 6.58. The summed E-state index contributed by atoms with van der Waals surface area (Å²) in [7, 11) is 1.78. The lowest BCUT2D eigenvalue weighted by Gasteiger charge is -2.26. The fraction of sp³-hybridized carbons (Fsp3) is 0.917. The van der Waals surface area contributed by atoms with E-state index in [-0.39, 0.29) is 10.9 Å². The molecule has 18 heavy (non-hydrogen) atoms. The Hall–Kier alpha value is -0.460. The predicted molar refractivity (Wildman–Crippen MR) is 77.5 cm³/mol. The second kappa shape index (κ2) is 7.86. The third-order valence-electron chi connectivity index (χ3n) is 2.84. The lowest BCUT2D eigenvalue weighted by Crippen LogP contribution is -2.47. The van der Waals surface area contributed by atoms with Crippen LogP contribution < -0.4 is 10.6 Å². The molecule has 1 aliphatic rings. The Bertz CT molecular complexity index is 266. The van der Waals surface area contributed by atoms with Crippen molar-refractivity contribution in [2.45, 2.75) is 24.7 Å². The van der Waals surface area contributed by atoms with E-state index in [0.717, 1.165) is 19.0 Å². The molecule has 2 N–H and O–H groups in total. The van der Waals surface area contributed by atoms with Gasteiger partial charge in [0.05, 0.1) is 25.9 Å². The smallest absolute Gasteiger partial charge is 0.191 e. The van der Waals surface area contributed by atoms with Crippen LogP contribution in [-0.2, 0) is 9.47 Å². The molecule has 0 saturated carbocycles. The standard InChI is InChI=1S/C12H25N3O2S/c1-12(2,18-4)9-15-11(13-3)14-7-10-8-16-5-6-17-10/h10H,5-9H2,1-4H3,(H2,13,14,15). The van der Waals surface area contributed by atoms with Crippen molar-refractivity contribution in [3.8, 4) is 0 Å². The summed E-state index contributed by atoms with van der Waals surface area (Å²) in [6.07, 6.45) is 2.23. The van der Waals surface area contributed by atoms with Crippen LogP contribution in [0.2, 0.25) is 0 Å². The van der Waals surface area contributed by atoms with Crippen LogP contribution in [0.4, 0.5) is 0 Å². The first-order chi connectivity index (χ1) is 8.57. The van der Waals surface area contributed by atoms with E-state index < -0.39 is 0 Å². The Balaban J connectivity index is 2.25. The lowest BCUT2D eigenvalue weighted by atomic mass is 10.2. The van der Waals surface area contributed by atoms with E-state index >= 15 is 0 Å². The zero-order valence-corrected chi connectivity index (χ0v) is 12.6. The molecular formula is C12H25N3O2S. The van der Waals surface area contributed by atoms with E-state index in [1.165, 1.54) is 0 Å². The number of nitrogens with zero attached hydrogens (tertiary/aromatic N) is 1. The second-order valence-electron chi connectivity index (χ2n) is 4.84. The largest absolute Gasteiger partial charge is 0.376 e. The molecule has 1 unspecified atom stereocenters. The van der Waals surface area contributed by atoms with Gasteiger partial charge in [-0.1, -0.05) is 0 Å². The van der Waals surface area contributed by atoms with Crippen LogP contribution >= 0.6 is 11.8 Å². The Morgan fingerprint density at radius 2 is 2.17 bits per heavy atom. The van der Waals surface area contributed by atoms with Crippen LogP contribution in [0.25, 0.3) is 0 Å². The maximum atomic E-state index is 5.57. The first kappa shape index (κ1) is 15.6. The molecule has 1 heterocycles. The number of ether oxygens (including phenoxy) is 2. The molecule has 6 heteroatoms. The minimum atomic E-state index is 0.117. The lowest BCUT2D eigenvalue weighted by molar-refractivity contribution is -0.0850. The van der Waals surface area contributed by atoms with Crippen LogP contribution in [0.1, 0.15) is 13.8 Å². The molecule has 0 bridgehead atoms. The summed E-state index contributed by atoms with van der Waals surface area (Å²) < 4.78 is 11.1. The van der Waals surface area contributed by atoms with Crippen molar-refractivity contribution in [2.24, 2.45) is 4.99 Å². The first-order valence-corrected chi connectivity index (χ1v) is 7.49. The maximum absolute atomic E-state index is 5.57. The molecule has 0 spiro atoms. The topological polar surface area (TPSA) is 54.9 Å². The minimum absolute atomic E-state index is 0.117. The molecule has 1 fully saturated rings. The average Bonchev–Trinajstić information content (AvgIpc) is 2.40. The van der Waals surface area contributed by atoms with Crippen molar-refractivity contribution in [3.05, 3.63) is 0 Å². The third-order valence-corrected chi connectivity index (χ3v) is 4.09. The molecule has 0 aromatic carbocycles. The summed E-state index contributed by atoms with van der Waals surface area (Å²) >= 11 is 1.84. The van der Waals surface area contributed by atoms with Gasteiger partial charge in [-0.25, -0.2) is 0 Å². The second-order valence-corrected chi connectivity index (χ2v) is 6.35. The van der Waals surface area contributed by atoms with Gasteiger partial charge in [-0.2, -0.15) is 11.8 Å². The van der Waals surface area contributed by atoms with Gasteiger partial charge < -0.3 is 20.1 Å². The average molecular weight is 275 g/mol. The van der Waals surface area contributed by atoms with Gasteiger partial charge in [0.15, 0.2) is 5.96 Å². The van der Waals surface area contributed by atoms with E-state index in [4.69, 9.17) is 9.47 Å². The van der Waals surface area contributed by atoms with Crippen molar-refractivity contribution in [2.75, 3.05) is 46.2 Å². The van der Waals surface area contributed by atoms with Gasteiger partial charge in [-0.15, -0.1) is 0 Å². The quantitative estimate of drug-likeness (QED) is 0.572. The maximum Gasteiger partial charge on any atom is 0.191 e. The highest BCUT2D eigenvalue weighted by molar-refractivity contribution is 7.99. The van der Waals surface area contributed by atoms with E-state index in [1.54, 1.807) is 7.05 Å². The highest BCUT2D eigenvalue weighted by Gasteiger charge is 2.17. The molecule has 0 radical (unpaired) electrons. The van der Waals surface area contributed by atoms with Crippen LogP contribution in [0.3, 0.4) is 0 Å². The summed E-state index contributed by atoms with van der Waals surface area (Å²) in [5.41, 5.74) is 0. The molecule has 5 nitrogen and oxygen atoms in total. The van der Waals surface area contributed by atoms with Crippen molar-refractivity contribution < 1.29 is 9.47 Å². The molecule has 1 atom stereocenters. The van der Waals surface area contributed by atoms with E-state index in [1.807, 2.05) is 11.8 Å². The molecule has 106 valence electrons. The molecular weight excluding hydrogens is 250 g/mol. The van der Waals surface area contributed by atoms with Gasteiger partial charge in [0.1, 0.15) is 0 Å². The van der Waals surface area contributed by atoms with Gasteiger partial charge in [0.2, 0.25) is 0 Å². The summed E-state index contributed by atoms with van der Waals surface area (Å²) in [6, 6.07) is 0. The van der Waals surface area contributed by atoms with E-state index in [0.29, 0.717) is 19.8 Å². The van der Waals surface area contributed by atoms with Crippen molar-refractivity contribution in [3.63, 3.8) is 0 Å². The zero-order chi connectivity index (χ0) is 13.4. The Labute approximate surface area is 114 Å². The summed E-state index contributed by atoms with van der Waals surface area (Å²) in [6.45, 7) is 8.03. The molecule has 1 aliphatic heterocycles. The van der Waals surface area contributed by atoms with E-state index in [9.17, 15) is 0 Å². The fourth-order valence-electron chi connectivity index (χ4n) is 1.45. The SMILES string of the molecule is CN=C(NCC1COCCO1)NCC(C)(C)SC. The first-order valence-electron chi connectivity index (χ1n) is 6.26. The predicted octanol–water partition coefficient (Wildman–Crippen LogP) is 0.708. The summed E-state index contributed by atoms with van der Waals surface area (Å²) in [5.74, 6) is 0.811. The van der Waals surface area contributed by atoms with Crippen LogP contribution in [-0.4, -0.2) is 63.0 Å². The molecule has 0 aromatic heterocycles. The van der Waals surface area contributed by atoms with Crippen LogP contribution in [0, 0.1) is 0 Å². The number of nitrogens with one attached hydrogen (secondary N) is 2. The number of thioether (sulfide) groups is 1. The molecule has 0 aromatic rings. The van der Waals surface area contributed by atoms with Crippen molar-refractivity contribution >= 4 is 17.7 Å². The van der Waals surface area contributed by atoms with Gasteiger partial charge >= 0.3 is 0 Å². The van der Waals surface area contributed by atoms with Crippen LogP contribution in [0.5, 0.6) is 0 Å². The van der Waals surface area contributed by atoms with Crippen molar-refractivity contribution in [1.29, 1.82) is 0 Å². The zero-order valence-electron chi connectivity index (χ0n) is 11.8. The molecule has 1 rings (SSSR count). The fourth-order valence-corrected chi connectivity index (χ4v) is 1.67. The van der Waals surface area contributed by atoms with Gasteiger partial charge in [-0.3, -0.25) is 4.99 Å². The Morgan fingerprint density at radius 3 is 2.72 bits per heavy atom. The highest BCUT2D eigenvalue weighted by atomic mass is 32.2. The number of aliphatic imine (C=N–C) groups is 1. The van der Waals surface area contributed by atoms with Gasteiger partial charge in [0, 0.05) is 24.9 Å². The molecule has 0 aliphatic carbocycles.